The third-order valence-electron chi connectivity index (χ3n) is 2.70. The normalized spacial score (nSPS) is 10.5. The third-order valence-corrected chi connectivity index (χ3v) is 2.93. The number of carbonyl (C=O) groups is 2. The number of halogens is 1. The first-order valence-corrected chi connectivity index (χ1v) is 6.89. The fourth-order valence-corrected chi connectivity index (χ4v) is 1.91. The highest BCUT2D eigenvalue weighted by Crippen LogP contribution is 2.10. The van der Waals surface area contributed by atoms with Gasteiger partial charge in [0.2, 0.25) is 5.91 Å². The van der Waals surface area contributed by atoms with Crippen LogP contribution in [-0.2, 0) is 4.79 Å². The second-order valence-corrected chi connectivity index (χ2v) is 4.95. The smallest absolute Gasteiger partial charge is 0.271 e. The maximum atomic E-state index is 11.8. The van der Waals surface area contributed by atoms with E-state index < -0.39 is 0 Å². The van der Waals surface area contributed by atoms with Gasteiger partial charge in [-0.15, -0.1) is 0 Å². The molecule has 0 spiro atoms. The molecule has 0 saturated carbocycles. The van der Waals surface area contributed by atoms with Gasteiger partial charge in [0.05, 0.1) is 6.21 Å². The van der Waals surface area contributed by atoms with Gasteiger partial charge in [0.25, 0.3) is 5.91 Å². The third kappa shape index (κ3) is 4.71. The minimum absolute atomic E-state index is 0.129. The molecule has 0 aliphatic carbocycles. The molecule has 112 valence electrons. The molecular weight excluding hydrogens is 302 g/mol. The van der Waals surface area contributed by atoms with Crippen molar-refractivity contribution >= 4 is 35.3 Å². The number of hydrazone groups is 1. The molecular formula is C16H14ClN3O2. The summed E-state index contributed by atoms with van der Waals surface area (Å²) >= 11 is 5.82. The van der Waals surface area contributed by atoms with Gasteiger partial charge in [-0.3, -0.25) is 9.59 Å². The average Bonchev–Trinajstić information content (AvgIpc) is 2.48. The first kappa shape index (κ1) is 15.7. The van der Waals surface area contributed by atoms with E-state index in [4.69, 9.17) is 11.6 Å². The van der Waals surface area contributed by atoms with Crippen molar-refractivity contribution < 1.29 is 9.59 Å². The van der Waals surface area contributed by atoms with Crippen molar-refractivity contribution in [3.63, 3.8) is 0 Å². The van der Waals surface area contributed by atoms with E-state index >= 15 is 0 Å². The Labute approximate surface area is 133 Å². The van der Waals surface area contributed by atoms with Crippen molar-refractivity contribution in [3.05, 3.63) is 64.7 Å². The van der Waals surface area contributed by atoms with Crippen LogP contribution in [0.3, 0.4) is 0 Å². The van der Waals surface area contributed by atoms with Gasteiger partial charge in [-0.05, 0) is 35.9 Å². The Morgan fingerprint density at radius 3 is 2.50 bits per heavy atom. The van der Waals surface area contributed by atoms with E-state index in [9.17, 15) is 9.59 Å². The monoisotopic (exact) mass is 315 g/mol. The predicted octanol–water partition coefficient (Wildman–Crippen LogP) is 3.06. The molecule has 0 aliphatic rings. The summed E-state index contributed by atoms with van der Waals surface area (Å²) in [6, 6.07) is 13.7. The standard InChI is InChI=1S/C16H14ClN3O2/c1-11(21)19-15-7-5-12(6-8-15)10-18-20-16(22)13-3-2-4-14(17)9-13/h2-10H,1H3,(H,19,21)(H,20,22)/b18-10+. The van der Waals surface area contributed by atoms with Crippen molar-refractivity contribution in [3.8, 4) is 0 Å². The van der Waals surface area contributed by atoms with Crippen LogP contribution in [0.5, 0.6) is 0 Å². The molecule has 5 nitrogen and oxygen atoms in total. The molecule has 0 atom stereocenters. The molecule has 2 aromatic rings. The van der Waals surface area contributed by atoms with Crippen LogP contribution >= 0.6 is 11.6 Å². The Bertz CT molecular complexity index is 712. The largest absolute Gasteiger partial charge is 0.326 e. The summed E-state index contributed by atoms with van der Waals surface area (Å²) < 4.78 is 0. The topological polar surface area (TPSA) is 70.6 Å². The molecule has 0 bridgehead atoms. The van der Waals surface area contributed by atoms with Gasteiger partial charge in [-0.2, -0.15) is 5.10 Å². The maximum Gasteiger partial charge on any atom is 0.271 e. The van der Waals surface area contributed by atoms with Crippen LogP contribution in [0.25, 0.3) is 0 Å². The molecule has 0 aliphatic heterocycles. The van der Waals surface area contributed by atoms with Crippen LogP contribution in [0, 0.1) is 0 Å². The summed E-state index contributed by atoms with van der Waals surface area (Å²) in [7, 11) is 0. The second-order valence-electron chi connectivity index (χ2n) is 4.51. The summed E-state index contributed by atoms with van der Waals surface area (Å²) in [5.74, 6) is -0.469. The minimum atomic E-state index is -0.339. The highest BCUT2D eigenvalue weighted by Gasteiger charge is 2.03. The Morgan fingerprint density at radius 1 is 1.14 bits per heavy atom. The lowest BCUT2D eigenvalue weighted by molar-refractivity contribution is -0.114. The van der Waals surface area contributed by atoms with E-state index in [1.165, 1.54) is 13.1 Å². The molecule has 0 unspecified atom stereocenters. The SMILES string of the molecule is CC(=O)Nc1ccc(/C=N/NC(=O)c2cccc(Cl)c2)cc1. The van der Waals surface area contributed by atoms with Crippen LogP contribution in [0.15, 0.2) is 53.6 Å². The lowest BCUT2D eigenvalue weighted by atomic mass is 10.2. The Balaban J connectivity index is 1.94. The number of nitrogens with zero attached hydrogens (tertiary/aromatic N) is 1. The molecule has 2 amide bonds. The fraction of sp³-hybridized carbons (Fsp3) is 0.0625. The Kier molecular flexibility index (Phi) is 5.27. The average molecular weight is 316 g/mol. The van der Waals surface area contributed by atoms with Crippen molar-refractivity contribution in [2.45, 2.75) is 6.92 Å². The van der Waals surface area contributed by atoms with Crippen LogP contribution in [0.4, 0.5) is 5.69 Å². The second kappa shape index (κ2) is 7.38. The van der Waals surface area contributed by atoms with Crippen molar-refractivity contribution in [2.75, 3.05) is 5.32 Å². The Morgan fingerprint density at radius 2 is 1.86 bits per heavy atom. The highest BCUT2D eigenvalue weighted by molar-refractivity contribution is 6.30. The van der Waals surface area contributed by atoms with Gasteiger partial charge in [-0.25, -0.2) is 5.43 Å². The summed E-state index contributed by atoms with van der Waals surface area (Å²) in [4.78, 5) is 22.7. The van der Waals surface area contributed by atoms with Gasteiger partial charge in [0, 0.05) is 23.2 Å². The quantitative estimate of drug-likeness (QED) is 0.672. The number of hydrogen-bond donors (Lipinski definition) is 2. The molecule has 2 N–H and O–H groups in total. The molecule has 6 heteroatoms. The van der Waals surface area contributed by atoms with Crippen LogP contribution in [-0.4, -0.2) is 18.0 Å². The van der Waals surface area contributed by atoms with Crippen molar-refractivity contribution in [1.29, 1.82) is 0 Å². The first-order valence-electron chi connectivity index (χ1n) is 6.51. The lowest BCUT2D eigenvalue weighted by Crippen LogP contribution is -2.17. The van der Waals surface area contributed by atoms with Crippen LogP contribution in [0.2, 0.25) is 5.02 Å². The van der Waals surface area contributed by atoms with E-state index in [0.29, 0.717) is 16.3 Å². The number of benzene rings is 2. The zero-order chi connectivity index (χ0) is 15.9. The number of anilines is 1. The number of nitrogens with one attached hydrogen (secondary N) is 2. The maximum absolute atomic E-state index is 11.8. The Hall–Kier alpha value is -2.66. The number of hydrogen-bond acceptors (Lipinski definition) is 3. The first-order chi connectivity index (χ1) is 10.5. The van der Waals surface area contributed by atoms with E-state index in [1.807, 2.05) is 0 Å². The fourth-order valence-electron chi connectivity index (χ4n) is 1.72. The minimum Gasteiger partial charge on any atom is -0.326 e. The van der Waals surface area contributed by atoms with Gasteiger partial charge >= 0.3 is 0 Å². The molecule has 0 heterocycles. The van der Waals surface area contributed by atoms with Crippen LogP contribution < -0.4 is 10.7 Å². The van der Waals surface area contributed by atoms with Gasteiger partial charge < -0.3 is 5.32 Å². The number of carbonyl (C=O) groups excluding carboxylic acids is 2. The van der Waals surface area contributed by atoms with E-state index in [-0.39, 0.29) is 11.8 Å². The molecule has 0 radical (unpaired) electrons. The summed E-state index contributed by atoms with van der Waals surface area (Å²) in [5, 5.41) is 7.04. The molecule has 2 aromatic carbocycles. The van der Waals surface area contributed by atoms with Gasteiger partial charge in [0.15, 0.2) is 0 Å². The number of amides is 2. The van der Waals surface area contributed by atoms with E-state index in [2.05, 4.69) is 15.8 Å². The summed E-state index contributed by atoms with van der Waals surface area (Å²) in [6.45, 7) is 1.45. The van der Waals surface area contributed by atoms with E-state index in [1.54, 1.807) is 48.5 Å². The molecule has 0 saturated heterocycles. The molecule has 0 fully saturated rings. The van der Waals surface area contributed by atoms with E-state index in [0.717, 1.165) is 5.56 Å². The zero-order valence-electron chi connectivity index (χ0n) is 11.8. The number of rotatable bonds is 4. The molecule has 22 heavy (non-hydrogen) atoms. The highest BCUT2D eigenvalue weighted by atomic mass is 35.5. The predicted molar refractivity (Wildman–Crippen MR) is 87.3 cm³/mol. The van der Waals surface area contributed by atoms with Gasteiger partial charge in [-0.1, -0.05) is 29.8 Å². The lowest BCUT2D eigenvalue weighted by Gasteiger charge is -2.02. The van der Waals surface area contributed by atoms with Gasteiger partial charge in [0.1, 0.15) is 0 Å². The molecule has 0 aromatic heterocycles. The summed E-state index contributed by atoms with van der Waals surface area (Å²) in [5.41, 5.74) is 4.35. The molecule has 2 rings (SSSR count). The zero-order valence-corrected chi connectivity index (χ0v) is 12.6. The van der Waals surface area contributed by atoms with Crippen molar-refractivity contribution in [1.82, 2.24) is 5.43 Å². The summed E-state index contributed by atoms with van der Waals surface area (Å²) in [6.07, 6.45) is 1.51. The van der Waals surface area contributed by atoms with Crippen molar-refractivity contribution in [2.24, 2.45) is 5.10 Å². The van der Waals surface area contributed by atoms with Crippen LogP contribution in [0.1, 0.15) is 22.8 Å².